The highest BCUT2D eigenvalue weighted by Crippen LogP contribution is 2.26. The Kier molecular flexibility index (Phi) is 8.92. The maximum absolute atomic E-state index is 11.5. The highest BCUT2D eigenvalue weighted by molar-refractivity contribution is 5.90. The first-order valence-corrected chi connectivity index (χ1v) is 11.4. The number of guanidine groups is 1. The zero-order valence-corrected chi connectivity index (χ0v) is 19.4. The van der Waals surface area contributed by atoms with Crippen molar-refractivity contribution in [1.82, 2.24) is 15.5 Å². The second-order valence-electron chi connectivity index (χ2n) is 7.96. The summed E-state index contributed by atoms with van der Waals surface area (Å²) in [7, 11) is 1.59. The molecule has 1 unspecified atom stereocenters. The van der Waals surface area contributed by atoms with Gasteiger partial charge in [0.25, 0.3) is 0 Å². The first-order chi connectivity index (χ1) is 15.6. The van der Waals surface area contributed by atoms with E-state index in [2.05, 4.69) is 58.1 Å². The molecule has 0 radical (unpaired) electrons. The number of rotatable bonds is 9. The summed E-state index contributed by atoms with van der Waals surface area (Å²) < 4.78 is 5.34. The molecular formula is C25H35N5O2. The highest BCUT2D eigenvalue weighted by atomic mass is 16.5. The Labute approximate surface area is 191 Å². The zero-order valence-electron chi connectivity index (χ0n) is 19.4. The molecule has 32 heavy (non-hydrogen) atoms. The van der Waals surface area contributed by atoms with Crippen LogP contribution in [0.2, 0.25) is 0 Å². The molecular weight excluding hydrogens is 402 g/mol. The van der Waals surface area contributed by atoms with E-state index in [0.29, 0.717) is 24.0 Å². The van der Waals surface area contributed by atoms with Gasteiger partial charge in [0.15, 0.2) is 5.96 Å². The van der Waals surface area contributed by atoms with E-state index < -0.39 is 0 Å². The summed E-state index contributed by atoms with van der Waals surface area (Å²) in [6.07, 6.45) is 2.51. The SMILES string of the molecule is CCNC(=NCc1ccc(OC)c(NC(C)=O)c1)NCC(c1ccccc1)N1CCCC1. The summed E-state index contributed by atoms with van der Waals surface area (Å²) in [5.74, 6) is 1.28. The lowest BCUT2D eigenvalue weighted by atomic mass is 10.1. The first-order valence-electron chi connectivity index (χ1n) is 11.4. The lowest BCUT2D eigenvalue weighted by molar-refractivity contribution is -0.114. The summed E-state index contributed by atoms with van der Waals surface area (Å²) in [4.78, 5) is 18.8. The molecule has 1 atom stereocenters. The number of hydrogen-bond donors (Lipinski definition) is 3. The van der Waals surface area contributed by atoms with Gasteiger partial charge in [-0.2, -0.15) is 0 Å². The molecule has 172 valence electrons. The molecule has 1 heterocycles. The van der Waals surface area contributed by atoms with E-state index in [-0.39, 0.29) is 5.91 Å². The average molecular weight is 438 g/mol. The van der Waals surface area contributed by atoms with Crippen molar-refractivity contribution in [2.45, 2.75) is 39.3 Å². The Morgan fingerprint density at radius 3 is 2.53 bits per heavy atom. The number of aliphatic imine (C=N–C) groups is 1. The fraction of sp³-hybridized carbons (Fsp3) is 0.440. The minimum Gasteiger partial charge on any atom is -0.495 e. The number of amides is 1. The molecule has 1 aliphatic rings. The maximum atomic E-state index is 11.5. The molecule has 3 rings (SSSR count). The lowest BCUT2D eigenvalue weighted by Crippen LogP contribution is -2.42. The monoisotopic (exact) mass is 437 g/mol. The third-order valence-corrected chi connectivity index (χ3v) is 5.57. The van der Waals surface area contributed by atoms with E-state index in [9.17, 15) is 4.79 Å². The molecule has 2 aromatic carbocycles. The van der Waals surface area contributed by atoms with Crippen LogP contribution in [0.5, 0.6) is 5.75 Å². The van der Waals surface area contributed by atoms with Gasteiger partial charge in [-0.1, -0.05) is 36.4 Å². The van der Waals surface area contributed by atoms with Gasteiger partial charge >= 0.3 is 0 Å². The molecule has 0 saturated carbocycles. The average Bonchev–Trinajstić information content (AvgIpc) is 3.32. The second kappa shape index (κ2) is 12.1. The molecule has 1 fully saturated rings. The Morgan fingerprint density at radius 1 is 1.12 bits per heavy atom. The van der Waals surface area contributed by atoms with Crippen LogP contribution in [0.25, 0.3) is 0 Å². The van der Waals surface area contributed by atoms with E-state index in [0.717, 1.165) is 37.7 Å². The Morgan fingerprint density at radius 2 is 1.88 bits per heavy atom. The fourth-order valence-corrected chi connectivity index (χ4v) is 4.03. The van der Waals surface area contributed by atoms with Crippen molar-refractivity contribution < 1.29 is 9.53 Å². The van der Waals surface area contributed by atoms with Crippen LogP contribution >= 0.6 is 0 Å². The van der Waals surface area contributed by atoms with Crippen LogP contribution in [-0.4, -0.2) is 50.1 Å². The predicted octanol–water partition coefficient (Wildman–Crippen LogP) is 3.55. The van der Waals surface area contributed by atoms with E-state index in [1.807, 2.05) is 18.2 Å². The van der Waals surface area contributed by atoms with Gasteiger partial charge in [-0.25, -0.2) is 4.99 Å². The van der Waals surface area contributed by atoms with Crippen LogP contribution in [0.3, 0.4) is 0 Å². The number of hydrogen-bond acceptors (Lipinski definition) is 4. The van der Waals surface area contributed by atoms with Gasteiger partial charge in [0.1, 0.15) is 5.75 Å². The van der Waals surface area contributed by atoms with Gasteiger partial charge < -0.3 is 20.7 Å². The van der Waals surface area contributed by atoms with Crippen LogP contribution in [0.15, 0.2) is 53.5 Å². The number of ether oxygens (including phenoxy) is 1. The minimum absolute atomic E-state index is 0.132. The molecule has 1 aliphatic heterocycles. The third-order valence-electron chi connectivity index (χ3n) is 5.57. The van der Waals surface area contributed by atoms with Gasteiger partial charge in [0, 0.05) is 20.0 Å². The van der Waals surface area contributed by atoms with Crippen molar-refractivity contribution in [2.24, 2.45) is 4.99 Å². The van der Waals surface area contributed by atoms with Gasteiger partial charge in [0.05, 0.1) is 25.4 Å². The molecule has 7 nitrogen and oxygen atoms in total. The molecule has 0 aliphatic carbocycles. The fourth-order valence-electron chi connectivity index (χ4n) is 4.03. The van der Waals surface area contributed by atoms with Crippen molar-refractivity contribution in [2.75, 3.05) is 38.6 Å². The van der Waals surface area contributed by atoms with E-state index in [1.54, 1.807) is 7.11 Å². The van der Waals surface area contributed by atoms with Gasteiger partial charge in [-0.05, 0) is 56.1 Å². The highest BCUT2D eigenvalue weighted by Gasteiger charge is 2.23. The number of likely N-dealkylation sites (tertiary alicyclic amines) is 1. The minimum atomic E-state index is -0.132. The van der Waals surface area contributed by atoms with Crippen LogP contribution in [0, 0.1) is 0 Å². The summed E-state index contributed by atoms with van der Waals surface area (Å²) in [6, 6.07) is 16.7. The molecule has 7 heteroatoms. The largest absolute Gasteiger partial charge is 0.495 e. The number of nitrogens with zero attached hydrogens (tertiary/aromatic N) is 2. The lowest BCUT2D eigenvalue weighted by Gasteiger charge is -2.29. The van der Waals surface area contributed by atoms with Crippen molar-refractivity contribution in [1.29, 1.82) is 0 Å². The van der Waals surface area contributed by atoms with Crippen molar-refractivity contribution >= 4 is 17.6 Å². The molecule has 2 aromatic rings. The Bertz CT molecular complexity index is 894. The Balaban J connectivity index is 1.70. The number of anilines is 1. The van der Waals surface area contributed by atoms with E-state index in [1.165, 1.54) is 25.3 Å². The number of carbonyl (C=O) groups excluding carboxylic acids is 1. The molecule has 0 spiro atoms. The van der Waals surface area contributed by atoms with Crippen molar-refractivity contribution in [3.05, 3.63) is 59.7 Å². The molecule has 1 amide bonds. The normalized spacial score (nSPS) is 15.3. The van der Waals surface area contributed by atoms with Gasteiger partial charge in [0.2, 0.25) is 5.91 Å². The zero-order chi connectivity index (χ0) is 22.8. The molecule has 0 bridgehead atoms. The van der Waals surface area contributed by atoms with Crippen LogP contribution < -0.4 is 20.7 Å². The molecule has 1 saturated heterocycles. The smallest absolute Gasteiger partial charge is 0.221 e. The standard InChI is InChI=1S/C25H35N5O2/c1-4-26-25(27-17-20-12-13-24(32-3)22(16-20)29-19(2)31)28-18-23(30-14-8-9-15-30)21-10-6-5-7-11-21/h5-7,10-13,16,23H,4,8-9,14-15,17-18H2,1-3H3,(H,29,31)(H2,26,27,28). The Hall–Kier alpha value is -3.06. The van der Waals surface area contributed by atoms with Crippen molar-refractivity contribution in [3.8, 4) is 5.75 Å². The number of benzene rings is 2. The number of nitrogens with one attached hydrogen (secondary N) is 3. The number of carbonyl (C=O) groups is 1. The number of methoxy groups -OCH3 is 1. The predicted molar refractivity (Wildman–Crippen MR) is 130 cm³/mol. The third kappa shape index (κ3) is 6.72. The summed E-state index contributed by atoms with van der Waals surface area (Å²) >= 11 is 0. The van der Waals surface area contributed by atoms with Crippen LogP contribution in [-0.2, 0) is 11.3 Å². The topological polar surface area (TPSA) is 78.0 Å². The van der Waals surface area contributed by atoms with Gasteiger partial charge in [-0.15, -0.1) is 0 Å². The van der Waals surface area contributed by atoms with Crippen LogP contribution in [0.4, 0.5) is 5.69 Å². The summed E-state index contributed by atoms with van der Waals surface area (Å²) in [5, 5.41) is 9.70. The van der Waals surface area contributed by atoms with Crippen molar-refractivity contribution in [3.63, 3.8) is 0 Å². The molecule has 3 N–H and O–H groups in total. The first kappa shape index (κ1) is 23.6. The maximum Gasteiger partial charge on any atom is 0.221 e. The van der Waals surface area contributed by atoms with E-state index >= 15 is 0 Å². The summed E-state index contributed by atoms with van der Waals surface area (Å²) in [6.45, 7) is 7.88. The molecule has 0 aromatic heterocycles. The van der Waals surface area contributed by atoms with Gasteiger partial charge in [-0.3, -0.25) is 9.69 Å². The summed E-state index contributed by atoms with van der Waals surface area (Å²) in [5.41, 5.74) is 2.97. The van der Waals surface area contributed by atoms with Crippen LogP contribution in [0.1, 0.15) is 43.9 Å². The quantitative estimate of drug-likeness (QED) is 0.413. The second-order valence-corrected chi connectivity index (χ2v) is 7.96. The van der Waals surface area contributed by atoms with E-state index in [4.69, 9.17) is 9.73 Å².